The van der Waals surface area contributed by atoms with Gasteiger partial charge in [-0.3, -0.25) is 4.79 Å². The van der Waals surface area contributed by atoms with Crippen LogP contribution in [0.2, 0.25) is 0 Å². The molecule has 2 N–H and O–H groups in total. The average molecular weight is 232 g/mol. The Morgan fingerprint density at radius 1 is 1.35 bits per heavy atom. The van der Waals surface area contributed by atoms with E-state index in [-0.39, 0.29) is 12.8 Å². The molecule has 0 radical (unpaired) electrons. The van der Waals surface area contributed by atoms with Crippen molar-refractivity contribution >= 4 is 11.9 Å². The normalized spacial score (nSPS) is 11.2. The number of amides is 1. The number of carboxylic acids is 1. The molecule has 0 aliphatic rings. The third kappa shape index (κ3) is 4.34. The molecule has 0 aliphatic heterocycles. The zero-order chi connectivity index (χ0) is 12.7. The highest BCUT2D eigenvalue weighted by Gasteiger charge is 2.19. The van der Waals surface area contributed by atoms with Crippen LogP contribution in [0.4, 0.5) is 0 Å². The molecule has 1 aromatic carbocycles. The maximum atomic E-state index is 11.2. The highest BCUT2D eigenvalue weighted by molar-refractivity contribution is 5.84. The number of aliphatic carboxylic acids is 1. The van der Waals surface area contributed by atoms with Crippen LogP contribution in [-0.4, -0.2) is 23.0 Å². The minimum absolute atomic E-state index is 0.202. The van der Waals surface area contributed by atoms with Crippen LogP contribution in [0.25, 0.3) is 0 Å². The smallest absolute Gasteiger partial charge is 0.326 e. The van der Waals surface area contributed by atoms with E-state index in [1.54, 1.807) is 30.3 Å². The van der Waals surface area contributed by atoms with Gasteiger partial charge in [0, 0.05) is 6.42 Å². The van der Waals surface area contributed by atoms with Crippen molar-refractivity contribution in [2.24, 2.45) is 0 Å². The van der Waals surface area contributed by atoms with E-state index in [1.165, 1.54) is 0 Å². The Kier molecular flexibility index (Phi) is 4.70. The second-order valence-corrected chi connectivity index (χ2v) is 3.48. The Morgan fingerprint density at radius 3 is 2.53 bits per heavy atom. The summed E-state index contributed by atoms with van der Waals surface area (Å²) in [4.78, 5) is 22.1. The van der Waals surface area contributed by atoms with Crippen molar-refractivity contribution in [1.82, 2.24) is 5.32 Å². The van der Waals surface area contributed by atoms with Crippen molar-refractivity contribution in [2.45, 2.75) is 18.9 Å². The minimum Gasteiger partial charge on any atom is -0.480 e. The first-order valence-electron chi connectivity index (χ1n) is 5.06. The van der Waals surface area contributed by atoms with Crippen LogP contribution in [0.3, 0.4) is 0 Å². The number of rotatable bonds is 5. The third-order valence-electron chi connectivity index (χ3n) is 2.16. The number of nitriles is 1. The molecular weight excluding hydrogens is 220 g/mol. The van der Waals surface area contributed by atoms with Crippen molar-refractivity contribution in [3.8, 4) is 6.07 Å². The van der Waals surface area contributed by atoms with Gasteiger partial charge in [0.15, 0.2) is 0 Å². The van der Waals surface area contributed by atoms with Gasteiger partial charge < -0.3 is 10.4 Å². The summed E-state index contributed by atoms with van der Waals surface area (Å²) in [5.74, 6) is -1.68. The lowest BCUT2D eigenvalue weighted by atomic mass is 10.1. The summed E-state index contributed by atoms with van der Waals surface area (Å²) in [6, 6.07) is 9.66. The van der Waals surface area contributed by atoms with Gasteiger partial charge in [0.25, 0.3) is 0 Å². The van der Waals surface area contributed by atoms with Crippen molar-refractivity contribution in [2.75, 3.05) is 0 Å². The first-order chi connectivity index (χ1) is 8.13. The van der Waals surface area contributed by atoms with Crippen molar-refractivity contribution in [3.63, 3.8) is 0 Å². The van der Waals surface area contributed by atoms with Gasteiger partial charge in [0.05, 0.1) is 6.07 Å². The van der Waals surface area contributed by atoms with E-state index in [0.29, 0.717) is 0 Å². The number of nitrogens with one attached hydrogen (secondary N) is 1. The van der Waals surface area contributed by atoms with E-state index >= 15 is 0 Å². The van der Waals surface area contributed by atoms with Crippen LogP contribution >= 0.6 is 0 Å². The molecule has 0 aromatic heterocycles. The molecule has 0 saturated heterocycles. The molecule has 0 bridgehead atoms. The van der Waals surface area contributed by atoms with Gasteiger partial charge in [-0.15, -0.1) is 0 Å². The molecule has 0 saturated carbocycles. The summed E-state index contributed by atoms with van der Waals surface area (Å²) in [6.45, 7) is 0. The zero-order valence-corrected chi connectivity index (χ0v) is 9.09. The summed E-state index contributed by atoms with van der Waals surface area (Å²) in [6.07, 6.45) is -0.133. The van der Waals surface area contributed by atoms with Gasteiger partial charge in [-0.25, -0.2) is 4.79 Å². The lowest BCUT2D eigenvalue weighted by molar-refractivity contribution is -0.141. The molecule has 0 aliphatic carbocycles. The summed E-state index contributed by atoms with van der Waals surface area (Å²) >= 11 is 0. The molecule has 1 rings (SSSR count). The molecular formula is C12H12N2O3. The third-order valence-corrected chi connectivity index (χ3v) is 2.16. The van der Waals surface area contributed by atoms with Gasteiger partial charge in [-0.2, -0.15) is 5.26 Å². The summed E-state index contributed by atoms with van der Waals surface area (Å²) < 4.78 is 0. The lowest BCUT2D eigenvalue weighted by Crippen LogP contribution is -2.42. The Hall–Kier alpha value is -2.35. The quantitative estimate of drug-likeness (QED) is 0.782. The van der Waals surface area contributed by atoms with E-state index in [0.717, 1.165) is 5.56 Å². The molecule has 0 heterocycles. The van der Waals surface area contributed by atoms with E-state index < -0.39 is 17.9 Å². The van der Waals surface area contributed by atoms with Crippen LogP contribution in [0, 0.1) is 11.3 Å². The number of hydrogen-bond acceptors (Lipinski definition) is 3. The number of carboxylic acid groups (broad SMARTS) is 1. The van der Waals surface area contributed by atoms with Gasteiger partial charge in [-0.1, -0.05) is 30.3 Å². The number of carbonyl (C=O) groups is 2. The first-order valence-corrected chi connectivity index (χ1v) is 5.06. The Balaban J connectivity index is 2.65. The van der Waals surface area contributed by atoms with Gasteiger partial charge in [-0.05, 0) is 5.56 Å². The number of nitrogens with zero attached hydrogens (tertiary/aromatic N) is 1. The first kappa shape index (κ1) is 12.7. The van der Waals surface area contributed by atoms with E-state index in [4.69, 9.17) is 10.4 Å². The molecule has 88 valence electrons. The highest BCUT2D eigenvalue weighted by atomic mass is 16.4. The van der Waals surface area contributed by atoms with E-state index in [1.807, 2.05) is 6.07 Å². The Bertz CT molecular complexity index is 437. The van der Waals surface area contributed by atoms with E-state index in [9.17, 15) is 9.59 Å². The average Bonchev–Trinajstić information content (AvgIpc) is 2.29. The van der Waals surface area contributed by atoms with Crippen molar-refractivity contribution in [1.29, 1.82) is 5.26 Å². The van der Waals surface area contributed by atoms with Gasteiger partial charge in [0.2, 0.25) is 5.91 Å². The van der Waals surface area contributed by atoms with E-state index in [2.05, 4.69) is 5.32 Å². The monoisotopic (exact) mass is 232 g/mol. The number of benzene rings is 1. The number of hydrogen-bond donors (Lipinski definition) is 2. The maximum Gasteiger partial charge on any atom is 0.326 e. The fourth-order valence-electron chi connectivity index (χ4n) is 1.37. The van der Waals surface area contributed by atoms with Gasteiger partial charge in [0.1, 0.15) is 12.5 Å². The second kappa shape index (κ2) is 6.28. The van der Waals surface area contributed by atoms with Crippen LogP contribution in [-0.2, 0) is 16.0 Å². The second-order valence-electron chi connectivity index (χ2n) is 3.48. The molecule has 5 nitrogen and oxygen atoms in total. The Labute approximate surface area is 98.7 Å². The predicted octanol–water partition coefficient (Wildman–Crippen LogP) is 0.712. The van der Waals surface area contributed by atoms with Crippen LogP contribution in [0.5, 0.6) is 0 Å². The molecule has 0 spiro atoms. The molecule has 17 heavy (non-hydrogen) atoms. The lowest BCUT2D eigenvalue weighted by Gasteiger charge is -2.13. The fraction of sp³-hybridized carbons (Fsp3) is 0.250. The molecule has 5 heteroatoms. The Morgan fingerprint density at radius 2 is 2.00 bits per heavy atom. The molecule has 1 atom stereocenters. The van der Waals surface area contributed by atoms with Crippen LogP contribution in [0.1, 0.15) is 12.0 Å². The fourth-order valence-corrected chi connectivity index (χ4v) is 1.37. The topological polar surface area (TPSA) is 90.2 Å². The van der Waals surface area contributed by atoms with Crippen LogP contribution < -0.4 is 5.32 Å². The summed E-state index contributed by atoms with van der Waals surface area (Å²) in [5.41, 5.74) is 0.817. The largest absolute Gasteiger partial charge is 0.480 e. The number of carbonyl (C=O) groups excluding carboxylic acids is 1. The standard InChI is InChI=1S/C12H12N2O3/c13-7-6-11(15)14-10(12(16)17)8-9-4-2-1-3-5-9/h1-5,10H,6,8H2,(H,14,15)(H,16,17)/t10-/m0/s1. The molecule has 1 aromatic rings. The SMILES string of the molecule is N#CCC(=O)N[C@@H](Cc1ccccc1)C(=O)O. The van der Waals surface area contributed by atoms with Gasteiger partial charge >= 0.3 is 5.97 Å². The molecule has 1 amide bonds. The minimum atomic E-state index is -1.11. The molecule has 0 fully saturated rings. The zero-order valence-electron chi connectivity index (χ0n) is 9.09. The summed E-state index contributed by atoms with van der Waals surface area (Å²) in [7, 11) is 0. The maximum absolute atomic E-state index is 11.2. The predicted molar refractivity (Wildman–Crippen MR) is 59.9 cm³/mol. The van der Waals surface area contributed by atoms with Crippen LogP contribution in [0.15, 0.2) is 30.3 Å². The summed E-state index contributed by atoms with van der Waals surface area (Å²) in [5, 5.41) is 19.6. The van der Waals surface area contributed by atoms with Crippen molar-refractivity contribution in [3.05, 3.63) is 35.9 Å². The van der Waals surface area contributed by atoms with Crippen molar-refractivity contribution < 1.29 is 14.7 Å². The molecule has 0 unspecified atom stereocenters. The highest BCUT2D eigenvalue weighted by Crippen LogP contribution is 2.03.